The molecule has 0 aliphatic carbocycles. The third-order valence-corrected chi connectivity index (χ3v) is 5.77. The number of halogens is 4. The summed E-state index contributed by atoms with van der Waals surface area (Å²) in [4.78, 5) is 12.6. The van der Waals surface area contributed by atoms with Crippen LogP contribution in [0.3, 0.4) is 0 Å². The largest absolute Gasteiger partial charge is 0.483 e. The van der Waals surface area contributed by atoms with Gasteiger partial charge in [0.05, 0.1) is 6.54 Å². The van der Waals surface area contributed by atoms with E-state index >= 15 is 0 Å². The van der Waals surface area contributed by atoms with Crippen LogP contribution in [0.15, 0.2) is 85.1 Å². The third kappa shape index (κ3) is 5.16. The van der Waals surface area contributed by atoms with Crippen LogP contribution in [-0.2, 0) is 13.2 Å². The van der Waals surface area contributed by atoms with Crippen LogP contribution in [0.4, 0.5) is 23.4 Å². The molecule has 1 heterocycles. The lowest BCUT2D eigenvalue weighted by molar-refractivity contribution is 0.102. The maximum Gasteiger partial charge on any atom is 0.256 e. The first-order valence-electron chi connectivity index (χ1n) is 11.3. The van der Waals surface area contributed by atoms with Gasteiger partial charge in [-0.1, -0.05) is 54.6 Å². The molecule has 1 amide bonds. The lowest BCUT2D eigenvalue weighted by Crippen LogP contribution is -2.13. The van der Waals surface area contributed by atoms with E-state index in [1.165, 1.54) is 24.3 Å². The fraction of sp³-hybridized carbons (Fsp3) is 0.0714. The molecule has 0 aliphatic rings. The van der Waals surface area contributed by atoms with Crippen molar-refractivity contribution in [2.75, 3.05) is 5.32 Å². The first kappa shape index (κ1) is 24.1. The molecule has 186 valence electrons. The maximum absolute atomic E-state index is 13.7. The van der Waals surface area contributed by atoms with Crippen LogP contribution >= 0.6 is 0 Å². The molecule has 9 heteroatoms. The molecule has 1 aromatic heterocycles. The van der Waals surface area contributed by atoms with Gasteiger partial charge in [-0.2, -0.15) is 13.9 Å². The third-order valence-electron chi connectivity index (χ3n) is 5.77. The number of aromatic nitrogens is 2. The minimum absolute atomic E-state index is 0.109. The number of nitrogens with one attached hydrogen (secondary N) is 1. The van der Waals surface area contributed by atoms with Crippen LogP contribution in [-0.4, -0.2) is 15.7 Å². The van der Waals surface area contributed by atoms with Crippen molar-refractivity contribution in [3.63, 3.8) is 0 Å². The molecule has 5 nitrogen and oxygen atoms in total. The number of carbonyl (C=O) groups is 1. The van der Waals surface area contributed by atoms with Crippen molar-refractivity contribution in [2.45, 2.75) is 13.2 Å². The highest BCUT2D eigenvalue weighted by Gasteiger charge is 2.20. The number of carbonyl (C=O) groups excluding carboxylic acids is 1. The fourth-order valence-corrected chi connectivity index (χ4v) is 3.90. The first-order valence-corrected chi connectivity index (χ1v) is 11.3. The Bertz CT molecular complexity index is 1570. The predicted octanol–water partition coefficient (Wildman–Crippen LogP) is 6.47. The van der Waals surface area contributed by atoms with Crippen molar-refractivity contribution in [1.29, 1.82) is 0 Å². The minimum atomic E-state index is -1.62. The second-order valence-corrected chi connectivity index (χ2v) is 8.27. The standard InChI is InChI=1S/C28H19F4N3O2/c29-22-14-23(30)26(32)27(25(22)31)37-16-17-8-10-19(11-9-17)28(36)33-24-12-13-35(34-24)15-20-6-3-5-18-4-1-2-7-21(18)20/h1-14H,15-16H2,(H,33,34,36). The number of anilines is 1. The van der Waals surface area contributed by atoms with E-state index in [1.54, 1.807) is 16.9 Å². The van der Waals surface area contributed by atoms with Gasteiger partial charge in [-0.15, -0.1) is 0 Å². The van der Waals surface area contributed by atoms with E-state index in [9.17, 15) is 22.4 Å². The number of fused-ring (bicyclic) bond motifs is 1. The Morgan fingerprint density at radius 2 is 1.57 bits per heavy atom. The summed E-state index contributed by atoms with van der Waals surface area (Å²) in [6.07, 6.45) is 1.77. The molecule has 0 saturated heterocycles. The van der Waals surface area contributed by atoms with Gasteiger partial charge in [0.25, 0.3) is 5.91 Å². The number of benzene rings is 4. The van der Waals surface area contributed by atoms with Gasteiger partial charge in [-0.25, -0.2) is 8.78 Å². The molecule has 4 aromatic carbocycles. The number of amides is 1. The molecule has 5 rings (SSSR count). The van der Waals surface area contributed by atoms with E-state index in [0.717, 1.165) is 16.3 Å². The summed E-state index contributed by atoms with van der Waals surface area (Å²) in [7, 11) is 0. The normalized spacial score (nSPS) is 11.0. The molecule has 5 aromatic rings. The molecule has 0 spiro atoms. The van der Waals surface area contributed by atoms with E-state index in [2.05, 4.69) is 16.5 Å². The van der Waals surface area contributed by atoms with Crippen LogP contribution in [0.2, 0.25) is 0 Å². The minimum Gasteiger partial charge on any atom is -0.483 e. The topological polar surface area (TPSA) is 56.2 Å². The van der Waals surface area contributed by atoms with E-state index < -0.39 is 34.9 Å². The second-order valence-electron chi connectivity index (χ2n) is 8.27. The van der Waals surface area contributed by atoms with Crippen LogP contribution in [0.5, 0.6) is 5.75 Å². The highest BCUT2D eigenvalue weighted by atomic mass is 19.2. The SMILES string of the molecule is O=C(Nc1ccn(Cc2cccc3ccccc23)n1)c1ccc(COc2c(F)c(F)cc(F)c2F)cc1. The molecule has 0 unspecified atom stereocenters. The van der Waals surface area contributed by atoms with Crippen molar-refractivity contribution in [3.05, 3.63) is 125 Å². The van der Waals surface area contributed by atoms with E-state index in [-0.39, 0.29) is 12.7 Å². The number of hydrogen-bond donors (Lipinski definition) is 1. The van der Waals surface area contributed by atoms with Crippen molar-refractivity contribution in [2.24, 2.45) is 0 Å². The highest BCUT2D eigenvalue weighted by molar-refractivity contribution is 6.03. The Kier molecular flexibility index (Phi) is 6.59. The van der Waals surface area contributed by atoms with E-state index in [1.807, 2.05) is 36.4 Å². The van der Waals surface area contributed by atoms with Gasteiger partial charge in [0.2, 0.25) is 11.6 Å². The Balaban J connectivity index is 1.22. The fourth-order valence-electron chi connectivity index (χ4n) is 3.90. The van der Waals surface area contributed by atoms with Crippen LogP contribution in [0.25, 0.3) is 10.8 Å². The molecule has 1 N–H and O–H groups in total. The zero-order valence-electron chi connectivity index (χ0n) is 19.2. The van der Waals surface area contributed by atoms with Gasteiger partial charge in [0.15, 0.2) is 23.2 Å². The average molecular weight is 505 g/mol. The van der Waals surface area contributed by atoms with Crippen molar-refractivity contribution in [3.8, 4) is 5.75 Å². The number of rotatable bonds is 7. The van der Waals surface area contributed by atoms with Crippen molar-refractivity contribution < 1.29 is 27.1 Å². The summed E-state index contributed by atoms with van der Waals surface area (Å²) in [6, 6.07) is 21.9. The number of nitrogens with zero attached hydrogens (tertiary/aromatic N) is 2. The number of ether oxygens (including phenoxy) is 1. The van der Waals surface area contributed by atoms with Gasteiger partial charge < -0.3 is 10.1 Å². The van der Waals surface area contributed by atoms with Crippen LogP contribution < -0.4 is 10.1 Å². The molecule has 0 atom stereocenters. The van der Waals surface area contributed by atoms with Gasteiger partial charge in [0, 0.05) is 23.9 Å². The van der Waals surface area contributed by atoms with E-state index in [0.29, 0.717) is 23.5 Å². The summed E-state index contributed by atoms with van der Waals surface area (Å²) < 4.78 is 60.8. The Morgan fingerprint density at radius 1 is 0.865 bits per heavy atom. The van der Waals surface area contributed by atoms with Gasteiger partial charge >= 0.3 is 0 Å². The highest BCUT2D eigenvalue weighted by Crippen LogP contribution is 2.27. The molecular formula is C28H19F4N3O2. The number of hydrogen-bond acceptors (Lipinski definition) is 3. The lowest BCUT2D eigenvalue weighted by Gasteiger charge is -2.10. The lowest BCUT2D eigenvalue weighted by atomic mass is 10.0. The summed E-state index contributed by atoms with van der Waals surface area (Å²) in [5, 5.41) is 9.40. The molecule has 0 bridgehead atoms. The van der Waals surface area contributed by atoms with Crippen molar-refractivity contribution >= 4 is 22.5 Å². The Morgan fingerprint density at radius 3 is 2.32 bits per heavy atom. The molecular weight excluding hydrogens is 486 g/mol. The molecule has 37 heavy (non-hydrogen) atoms. The predicted molar refractivity (Wildman–Crippen MR) is 130 cm³/mol. The van der Waals surface area contributed by atoms with Gasteiger partial charge in [-0.3, -0.25) is 9.48 Å². The quantitative estimate of drug-likeness (QED) is 0.204. The summed E-state index contributed by atoms with van der Waals surface area (Å²) in [6.45, 7) is 0.166. The summed E-state index contributed by atoms with van der Waals surface area (Å²) >= 11 is 0. The summed E-state index contributed by atoms with van der Waals surface area (Å²) in [5.41, 5.74) is 1.83. The van der Waals surface area contributed by atoms with Crippen molar-refractivity contribution in [1.82, 2.24) is 9.78 Å². The second kappa shape index (κ2) is 10.1. The summed E-state index contributed by atoms with van der Waals surface area (Å²) in [5.74, 6) is -7.52. The van der Waals surface area contributed by atoms with E-state index in [4.69, 9.17) is 4.74 Å². The average Bonchev–Trinajstić information content (AvgIpc) is 3.34. The molecule has 0 saturated carbocycles. The molecule has 0 aliphatic heterocycles. The van der Waals surface area contributed by atoms with Crippen LogP contribution in [0.1, 0.15) is 21.5 Å². The Hall–Kier alpha value is -4.66. The zero-order chi connectivity index (χ0) is 25.9. The first-order chi connectivity index (χ1) is 17.9. The monoisotopic (exact) mass is 505 g/mol. The molecule has 0 radical (unpaired) electrons. The van der Waals surface area contributed by atoms with Crippen LogP contribution in [0, 0.1) is 23.3 Å². The Labute approximate surface area is 208 Å². The van der Waals surface area contributed by atoms with Gasteiger partial charge in [0.1, 0.15) is 6.61 Å². The maximum atomic E-state index is 13.7. The zero-order valence-corrected chi connectivity index (χ0v) is 19.2. The van der Waals surface area contributed by atoms with Gasteiger partial charge in [-0.05, 0) is 34.0 Å². The smallest absolute Gasteiger partial charge is 0.256 e. The molecule has 0 fully saturated rings.